The molecule has 0 radical (unpaired) electrons. The van der Waals surface area contributed by atoms with E-state index >= 15 is 0 Å². The minimum Gasteiger partial charge on any atom is -0.453 e. The van der Waals surface area contributed by atoms with Crippen LogP contribution in [0.25, 0.3) is 11.0 Å². The van der Waals surface area contributed by atoms with Gasteiger partial charge in [-0.15, -0.1) is 0 Å². The molecule has 0 saturated heterocycles. The number of furan rings is 1. The lowest BCUT2D eigenvalue weighted by Crippen LogP contribution is -2.26. The van der Waals surface area contributed by atoms with Crippen LogP contribution in [0.5, 0.6) is 0 Å². The molecule has 0 aliphatic rings. The number of hydrogen-bond donors (Lipinski definition) is 0. The molecular weight excluding hydrogens is 228 g/mol. The predicted molar refractivity (Wildman–Crippen MR) is 71.0 cm³/mol. The number of carbonyl (C=O) groups is 1. The highest BCUT2D eigenvalue weighted by atomic mass is 16.5. The van der Waals surface area contributed by atoms with Crippen molar-refractivity contribution in [3.63, 3.8) is 0 Å². The van der Waals surface area contributed by atoms with Crippen molar-refractivity contribution in [2.24, 2.45) is 0 Å². The Balaban J connectivity index is 2.32. The quantitative estimate of drug-likeness (QED) is 0.771. The van der Waals surface area contributed by atoms with Crippen molar-refractivity contribution in [2.75, 3.05) is 7.11 Å². The van der Waals surface area contributed by atoms with Crippen molar-refractivity contribution in [2.45, 2.75) is 32.8 Å². The molecule has 0 aliphatic carbocycles. The van der Waals surface area contributed by atoms with Crippen LogP contribution < -0.4 is 0 Å². The van der Waals surface area contributed by atoms with E-state index in [0.29, 0.717) is 12.2 Å². The molecule has 0 amide bonds. The summed E-state index contributed by atoms with van der Waals surface area (Å²) in [6.07, 6.45) is 0.308. The number of Topliss-reactive ketones (excluding diaryl/α,β-unsaturated/α-hetero) is 1. The van der Waals surface area contributed by atoms with Crippen molar-refractivity contribution >= 4 is 16.8 Å². The molecule has 0 unspecified atom stereocenters. The lowest BCUT2D eigenvalue weighted by Gasteiger charge is -2.20. The average molecular weight is 246 g/mol. The van der Waals surface area contributed by atoms with Crippen LogP contribution in [0.4, 0.5) is 0 Å². The molecule has 18 heavy (non-hydrogen) atoms. The number of carbonyl (C=O) groups excluding carboxylic acids is 1. The molecule has 0 spiro atoms. The number of hydrogen-bond acceptors (Lipinski definition) is 3. The number of para-hydroxylation sites is 1. The lowest BCUT2D eigenvalue weighted by molar-refractivity contribution is 0.0164. The van der Waals surface area contributed by atoms with Gasteiger partial charge in [0.25, 0.3) is 0 Å². The monoisotopic (exact) mass is 246 g/mol. The lowest BCUT2D eigenvalue weighted by atomic mass is 10.0. The van der Waals surface area contributed by atoms with Gasteiger partial charge in [-0.05, 0) is 32.4 Å². The van der Waals surface area contributed by atoms with Crippen molar-refractivity contribution in [3.8, 4) is 0 Å². The molecule has 0 atom stereocenters. The molecule has 0 aliphatic heterocycles. The summed E-state index contributed by atoms with van der Waals surface area (Å²) in [6.45, 7) is 5.75. The van der Waals surface area contributed by atoms with Crippen molar-refractivity contribution in [1.82, 2.24) is 0 Å². The second kappa shape index (κ2) is 4.58. The van der Waals surface area contributed by atoms with Gasteiger partial charge in [-0.1, -0.05) is 18.2 Å². The Hall–Kier alpha value is -1.61. The van der Waals surface area contributed by atoms with E-state index in [1.54, 1.807) is 13.2 Å². The van der Waals surface area contributed by atoms with Crippen LogP contribution >= 0.6 is 0 Å². The summed E-state index contributed by atoms with van der Waals surface area (Å²) in [7, 11) is 1.61. The first-order valence-corrected chi connectivity index (χ1v) is 6.00. The maximum atomic E-state index is 12.1. The van der Waals surface area contributed by atoms with E-state index < -0.39 is 5.60 Å². The molecule has 0 bridgehead atoms. The summed E-state index contributed by atoms with van der Waals surface area (Å²) in [5.74, 6) is 0.377. The third-order valence-corrected chi connectivity index (χ3v) is 3.15. The number of benzene rings is 1. The first kappa shape index (κ1) is 12.8. The topological polar surface area (TPSA) is 39.4 Å². The molecule has 1 aromatic carbocycles. The van der Waals surface area contributed by atoms with Gasteiger partial charge in [0, 0.05) is 18.9 Å². The van der Waals surface area contributed by atoms with Gasteiger partial charge in [0.15, 0.2) is 5.76 Å². The maximum absolute atomic E-state index is 12.1. The molecule has 1 heterocycles. The molecule has 2 aromatic rings. The molecule has 1 aromatic heterocycles. The second-order valence-corrected chi connectivity index (χ2v) is 5.17. The van der Waals surface area contributed by atoms with Crippen LogP contribution in [0.2, 0.25) is 0 Å². The summed E-state index contributed by atoms with van der Waals surface area (Å²) in [5, 5.41) is 0.966. The Morgan fingerprint density at radius 3 is 2.72 bits per heavy atom. The summed E-state index contributed by atoms with van der Waals surface area (Å²) in [5.41, 5.74) is 1.36. The van der Waals surface area contributed by atoms with Crippen LogP contribution in [-0.2, 0) is 4.74 Å². The van der Waals surface area contributed by atoms with Crippen LogP contribution in [0.1, 0.15) is 36.4 Å². The number of fused-ring (bicyclic) bond motifs is 1. The van der Waals surface area contributed by atoms with E-state index in [4.69, 9.17) is 9.15 Å². The van der Waals surface area contributed by atoms with Crippen LogP contribution in [-0.4, -0.2) is 18.5 Å². The molecule has 0 fully saturated rings. The standard InChI is InChI=1S/C15H18O3/c1-10-6-5-7-11-8-13(18-14(10)11)12(16)9-15(2,3)17-4/h5-8H,9H2,1-4H3. The molecule has 3 heteroatoms. The average Bonchev–Trinajstić information content (AvgIpc) is 2.74. The summed E-state index contributed by atoms with van der Waals surface area (Å²) in [6, 6.07) is 7.68. The molecule has 0 N–H and O–H groups in total. The first-order valence-electron chi connectivity index (χ1n) is 6.00. The fraction of sp³-hybridized carbons (Fsp3) is 0.400. The van der Waals surface area contributed by atoms with Crippen molar-refractivity contribution in [1.29, 1.82) is 0 Å². The van der Waals surface area contributed by atoms with E-state index in [1.165, 1.54) is 0 Å². The van der Waals surface area contributed by atoms with Gasteiger partial charge in [-0.25, -0.2) is 0 Å². The second-order valence-electron chi connectivity index (χ2n) is 5.17. The Labute approximate surface area is 107 Å². The molecular formula is C15H18O3. The van der Waals surface area contributed by atoms with E-state index in [2.05, 4.69) is 0 Å². The fourth-order valence-electron chi connectivity index (χ4n) is 1.89. The van der Waals surface area contributed by atoms with Gasteiger partial charge in [0.1, 0.15) is 5.58 Å². The van der Waals surface area contributed by atoms with Crippen molar-refractivity contribution in [3.05, 3.63) is 35.6 Å². The largest absolute Gasteiger partial charge is 0.453 e. The summed E-state index contributed by atoms with van der Waals surface area (Å²) >= 11 is 0. The Bertz CT molecular complexity index is 578. The Kier molecular flexibility index (Phi) is 3.26. The SMILES string of the molecule is COC(C)(C)CC(=O)c1cc2cccc(C)c2o1. The normalized spacial score (nSPS) is 12.0. The minimum absolute atomic E-state index is 0.0301. The van der Waals surface area contributed by atoms with Gasteiger partial charge in [-0.3, -0.25) is 4.79 Å². The van der Waals surface area contributed by atoms with Crippen LogP contribution in [0, 0.1) is 6.92 Å². The maximum Gasteiger partial charge on any atom is 0.200 e. The van der Waals surface area contributed by atoms with E-state index in [-0.39, 0.29) is 5.78 Å². The number of methoxy groups -OCH3 is 1. The zero-order chi connectivity index (χ0) is 13.3. The van der Waals surface area contributed by atoms with E-state index in [0.717, 1.165) is 16.5 Å². The van der Waals surface area contributed by atoms with E-state index in [9.17, 15) is 4.79 Å². The van der Waals surface area contributed by atoms with E-state index in [1.807, 2.05) is 39.0 Å². The first-order chi connectivity index (χ1) is 8.43. The number of ketones is 1. The van der Waals surface area contributed by atoms with Gasteiger partial charge in [-0.2, -0.15) is 0 Å². The van der Waals surface area contributed by atoms with Crippen molar-refractivity contribution < 1.29 is 13.9 Å². The molecule has 0 saturated carbocycles. The van der Waals surface area contributed by atoms with Gasteiger partial charge in [0.05, 0.1) is 5.60 Å². The van der Waals surface area contributed by atoms with Crippen LogP contribution in [0.3, 0.4) is 0 Å². The third-order valence-electron chi connectivity index (χ3n) is 3.15. The van der Waals surface area contributed by atoms with Gasteiger partial charge in [0.2, 0.25) is 5.78 Å². The smallest absolute Gasteiger partial charge is 0.200 e. The zero-order valence-corrected chi connectivity index (χ0v) is 11.2. The number of rotatable bonds is 4. The predicted octanol–water partition coefficient (Wildman–Crippen LogP) is 3.74. The number of aryl methyl sites for hydroxylation is 1. The Morgan fingerprint density at radius 1 is 1.39 bits per heavy atom. The van der Waals surface area contributed by atoms with Crippen LogP contribution in [0.15, 0.2) is 28.7 Å². The molecule has 3 nitrogen and oxygen atoms in total. The summed E-state index contributed by atoms with van der Waals surface area (Å²) in [4.78, 5) is 12.1. The highest BCUT2D eigenvalue weighted by Gasteiger charge is 2.24. The number of ether oxygens (including phenoxy) is 1. The minimum atomic E-state index is -0.467. The van der Waals surface area contributed by atoms with Gasteiger partial charge >= 0.3 is 0 Å². The third kappa shape index (κ3) is 2.46. The zero-order valence-electron chi connectivity index (χ0n) is 11.2. The highest BCUT2D eigenvalue weighted by molar-refractivity contribution is 5.98. The van der Waals surface area contributed by atoms with Gasteiger partial charge < -0.3 is 9.15 Å². The highest BCUT2D eigenvalue weighted by Crippen LogP contribution is 2.25. The molecule has 96 valence electrons. The molecule has 2 rings (SSSR count). The Morgan fingerprint density at radius 2 is 2.11 bits per heavy atom. The fourth-order valence-corrected chi connectivity index (χ4v) is 1.89. The summed E-state index contributed by atoms with van der Waals surface area (Å²) < 4.78 is 10.9.